The fourth-order valence-electron chi connectivity index (χ4n) is 2.50. The molecule has 6 nitrogen and oxygen atoms in total. The number of anilines is 2. The lowest BCUT2D eigenvalue weighted by Gasteiger charge is -2.33. The number of amides is 1. The molecule has 0 aliphatic carbocycles. The average molecular weight is 306 g/mol. The number of pyridine rings is 1. The fourth-order valence-corrected chi connectivity index (χ4v) is 2.67. The zero-order valence-electron chi connectivity index (χ0n) is 11.4. The monoisotopic (exact) mass is 305 g/mol. The quantitative estimate of drug-likeness (QED) is 0.667. The van der Waals surface area contributed by atoms with Gasteiger partial charge in [0.1, 0.15) is 11.0 Å². The highest BCUT2D eigenvalue weighted by Gasteiger charge is 2.19. The van der Waals surface area contributed by atoms with E-state index in [0.717, 1.165) is 36.6 Å². The molecule has 7 heteroatoms. The minimum absolute atomic E-state index is 0.446. The van der Waals surface area contributed by atoms with E-state index in [4.69, 9.17) is 17.3 Å². The molecule has 3 heterocycles. The minimum Gasteiger partial charge on any atom is -0.396 e. The number of rotatable bonds is 3. The Labute approximate surface area is 127 Å². The van der Waals surface area contributed by atoms with Crippen LogP contribution in [-0.2, 0) is 4.79 Å². The van der Waals surface area contributed by atoms with Gasteiger partial charge >= 0.3 is 0 Å². The number of aromatic nitrogens is 2. The molecule has 0 bridgehead atoms. The number of carbonyl (C=O) groups is 1. The van der Waals surface area contributed by atoms with E-state index in [-0.39, 0.29) is 0 Å². The number of halogens is 1. The van der Waals surface area contributed by atoms with Crippen LogP contribution in [0.15, 0.2) is 24.4 Å². The Morgan fingerprint density at radius 2 is 2.05 bits per heavy atom. The molecule has 3 N–H and O–H groups in total. The summed E-state index contributed by atoms with van der Waals surface area (Å²) < 4.78 is 0. The summed E-state index contributed by atoms with van der Waals surface area (Å²) in [6, 6.07) is 5.57. The van der Waals surface area contributed by atoms with Crippen molar-refractivity contribution in [3.8, 4) is 11.3 Å². The summed E-state index contributed by atoms with van der Waals surface area (Å²) in [6.07, 6.45) is 2.55. The number of nitrogens with two attached hydrogens (primary N) is 1. The highest BCUT2D eigenvalue weighted by molar-refractivity contribution is 6.29. The van der Waals surface area contributed by atoms with Gasteiger partial charge in [-0.3, -0.25) is 4.79 Å². The van der Waals surface area contributed by atoms with E-state index in [1.54, 1.807) is 17.2 Å². The molecule has 0 atom stereocenters. The summed E-state index contributed by atoms with van der Waals surface area (Å²) in [4.78, 5) is 22.0. The summed E-state index contributed by atoms with van der Waals surface area (Å²) in [7, 11) is 0. The van der Waals surface area contributed by atoms with Crippen molar-refractivity contribution in [2.24, 2.45) is 0 Å². The van der Waals surface area contributed by atoms with Gasteiger partial charge in [-0.05, 0) is 18.2 Å². The fraction of sp³-hybridized carbons (Fsp3) is 0.286. The summed E-state index contributed by atoms with van der Waals surface area (Å²) in [5.74, 6) is 0.892. The summed E-state index contributed by atoms with van der Waals surface area (Å²) >= 11 is 5.92. The van der Waals surface area contributed by atoms with E-state index in [1.165, 1.54) is 0 Å². The maximum atomic E-state index is 10.7. The van der Waals surface area contributed by atoms with E-state index in [2.05, 4.69) is 14.9 Å². The van der Waals surface area contributed by atoms with Gasteiger partial charge in [0.15, 0.2) is 0 Å². The van der Waals surface area contributed by atoms with Crippen molar-refractivity contribution < 1.29 is 4.79 Å². The standard InChI is InChI=1S/C14H16ClN5O/c15-13-7-10(1-2-17-13)12-8-11(16)14(18-12)20-5-3-19(9-21)4-6-20/h1-2,7-9,18H,3-6,16H2. The molecule has 0 saturated carbocycles. The van der Waals surface area contributed by atoms with E-state index in [1.807, 2.05) is 12.1 Å². The van der Waals surface area contributed by atoms with Gasteiger partial charge in [-0.15, -0.1) is 0 Å². The van der Waals surface area contributed by atoms with Crippen molar-refractivity contribution >= 4 is 29.5 Å². The second-order valence-electron chi connectivity index (χ2n) is 4.98. The molecule has 1 aliphatic heterocycles. The number of hydrogen-bond acceptors (Lipinski definition) is 4. The van der Waals surface area contributed by atoms with Gasteiger partial charge in [-0.25, -0.2) is 4.98 Å². The van der Waals surface area contributed by atoms with Crippen molar-refractivity contribution in [1.29, 1.82) is 0 Å². The predicted octanol–water partition coefficient (Wildman–Crippen LogP) is 1.59. The highest BCUT2D eigenvalue weighted by atomic mass is 35.5. The number of H-pyrrole nitrogens is 1. The Hall–Kier alpha value is -2.21. The van der Waals surface area contributed by atoms with Crippen LogP contribution in [0.25, 0.3) is 11.3 Å². The third-order valence-corrected chi connectivity index (χ3v) is 3.85. The zero-order valence-corrected chi connectivity index (χ0v) is 12.2. The van der Waals surface area contributed by atoms with Gasteiger partial charge in [-0.2, -0.15) is 0 Å². The van der Waals surface area contributed by atoms with Gasteiger partial charge in [0.25, 0.3) is 0 Å². The number of piperazine rings is 1. The second kappa shape index (κ2) is 5.65. The lowest BCUT2D eigenvalue weighted by atomic mass is 10.2. The molecule has 2 aromatic rings. The summed E-state index contributed by atoms with van der Waals surface area (Å²) in [5.41, 5.74) is 8.65. The van der Waals surface area contributed by atoms with E-state index < -0.39 is 0 Å². The normalized spacial score (nSPS) is 15.3. The Morgan fingerprint density at radius 3 is 2.71 bits per heavy atom. The lowest BCUT2D eigenvalue weighted by molar-refractivity contribution is -0.118. The highest BCUT2D eigenvalue weighted by Crippen LogP contribution is 2.30. The molecule has 0 aromatic carbocycles. The molecule has 1 amide bonds. The minimum atomic E-state index is 0.446. The van der Waals surface area contributed by atoms with Crippen molar-refractivity contribution in [3.05, 3.63) is 29.5 Å². The first-order chi connectivity index (χ1) is 10.2. The first kappa shape index (κ1) is 13.8. The van der Waals surface area contributed by atoms with Crippen LogP contribution in [0.3, 0.4) is 0 Å². The van der Waals surface area contributed by atoms with Crippen LogP contribution in [0.5, 0.6) is 0 Å². The zero-order chi connectivity index (χ0) is 14.8. The number of hydrogen-bond donors (Lipinski definition) is 2. The number of nitrogen functional groups attached to an aromatic ring is 1. The Kier molecular flexibility index (Phi) is 3.70. The SMILES string of the molecule is Nc1cc(-c2ccnc(Cl)c2)[nH]c1N1CCN(C=O)CC1. The molecule has 1 aliphatic rings. The molecule has 110 valence electrons. The van der Waals surface area contributed by atoms with Crippen LogP contribution in [0.1, 0.15) is 0 Å². The first-order valence-electron chi connectivity index (χ1n) is 6.72. The van der Waals surface area contributed by atoms with Crippen molar-refractivity contribution in [3.63, 3.8) is 0 Å². The average Bonchev–Trinajstić information content (AvgIpc) is 2.89. The van der Waals surface area contributed by atoms with Crippen molar-refractivity contribution in [2.45, 2.75) is 0 Å². The van der Waals surface area contributed by atoms with Crippen LogP contribution in [0.4, 0.5) is 11.5 Å². The molecule has 21 heavy (non-hydrogen) atoms. The Morgan fingerprint density at radius 1 is 1.29 bits per heavy atom. The van der Waals surface area contributed by atoms with E-state index in [9.17, 15) is 4.79 Å². The van der Waals surface area contributed by atoms with Crippen LogP contribution in [-0.4, -0.2) is 47.5 Å². The van der Waals surface area contributed by atoms with E-state index >= 15 is 0 Å². The molecule has 1 saturated heterocycles. The van der Waals surface area contributed by atoms with Crippen LogP contribution in [0.2, 0.25) is 5.15 Å². The van der Waals surface area contributed by atoms with E-state index in [0.29, 0.717) is 23.9 Å². The third kappa shape index (κ3) is 2.80. The van der Waals surface area contributed by atoms with Gasteiger partial charge in [0, 0.05) is 43.6 Å². The lowest BCUT2D eigenvalue weighted by Crippen LogP contribution is -2.46. The maximum Gasteiger partial charge on any atom is 0.209 e. The molecule has 1 fully saturated rings. The summed E-state index contributed by atoms with van der Waals surface area (Å²) in [5, 5.41) is 0.446. The predicted molar refractivity (Wildman–Crippen MR) is 83.3 cm³/mol. The molecular weight excluding hydrogens is 290 g/mol. The second-order valence-corrected chi connectivity index (χ2v) is 5.37. The van der Waals surface area contributed by atoms with Crippen LogP contribution in [0, 0.1) is 0 Å². The van der Waals surface area contributed by atoms with Crippen LogP contribution >= 0.6 is 11.6 Å². The topological polar surface area (TPSA) is 78.2 Å². The molecular formula is C14H16ClN5O. The Balaban J connectivity index is 1.83. The van der Waals surface area contributed by atoms with Gasteiger partial charge in [0.2, 0.25) is 6.41 Å². The third-order valence-electron chi connectivity index (χ3n) is 3.64. The first-order valence-corrected chi connectivity index (χ1v) is 7.10. The van der Waals surface area contributed by atoms with Crippen LogP contribution < -0.4 is 10.6 Å². The molecule has 0 radical (unpaired) electrons. The van der Waals surface area contributed by atoms with Crippen molar-refractivity contribution in [1.82, 2.24) is 14.9 Å². The number of carbonyl (C=O) groups excluding carboxylic acids is 1. The number of aromatic amines is 1. The Bertz CT molecular complexity index is 649. The number of nitrogens with zero attached hydrogens (tertiary/aromatic N) is 3. The van der Waals surface area contributed by atoms with Gasteiger partial charge in [0.05, 0.1) is 5.69 Å². The molecule has 0 spiro atoms. The van der Waals surface area contributed by atoms with Gasteiger partial charge < -0.3 is 20.5 Å². The summed E-state index contributed by atoms with van der Waals surface area (Å²) in [6.45, 7) is 2.94. The number of nitrogens with one attached hydrogen (secondary N) is 1. The van der Waals surface area contributed by atoms with Crippen molar-refractivity contribution in [2.75, 3.05) is 36.8 Å². The van der Waals surface area contributed by atoms with Gasteiger partial charge in [-0.1, -0.05) is 11.6 Å². The molecule has 2 aromatic heterocycles. The smallest absolute Gasteiger partial charge is 0.209 e. The largest absolute Gasteiger partial charge is 0.396 e. The molecule has 3 rings (SSSR count). The maximum absolute atomic E-state index is 10.7. The molecule has 0 unspecified atom stereocenters.